The second kappa shape index (κ2) is 9.68. The van der Waals surface area contributed by atoms with E-state index < -0.39 is 0 Å². The first-order chi connectivity index (χ1) is 14.4. The largest absolute Gasteiger partial charge is 0.402 e. The van der Waals surface area contributed by atoms with Crippen molar-refractivity contribution >= 4 is 18.6 Å². The smallest absolute Gasteiger partial charge is 0.155 e. The summed E-state index contributed by atoms with van der Waals surface area (Å²) in [5.74, 6) is 1.92. The molecule has 1 aliphatic carbocycles. The van der Waals surface area contributed by atoms with Crippen LogP contribution in [0.5, 0.6) is 0 Å². The predicted octanol–water partition coefficient (Wildman–Crippen LogP) is 3.07. The molecule has 0 amide bonds. The van der Waals surface area contributed by atoms with Crippen molar-refractivity contribution in [3.05, 3.63) is 47.2 Å². The fourth-order valence-corrected chi connectivity index (χ4v) is 4.40. The summed E-state index contributed by atoms with van der Waals surface area (Å²) in [6, 6.07) is 7.33. The van der Waals surface area contributed by atoms with Crippen LogP contribution in [0.4, 0.5) is 0 Å². The summed E-state index contributed by atoms with van der Waals surface area (Å²) in [6.07, 6.45) is 8.98. The predicted molar refractivity (Wildman–Crippen MR) is 122 cm³/mol. The minimum absolute atomic E-state index is 0.189. The minimum Gasteiger partial charge on any atom is -0.402 e. The Balaban J connectivity index is 1.79. The van der Waals surface area contributed by atoms with Crippen LogP contribution >= 0.6 is 0 Å². The van der Waals surface area contributed by atoms with Gasteiger partial charge in [0.05, 0.1) is 11.8 Å². The molecule has 7 heteroatoms. The summed E-state index contributed by atoms with van der Waals surface area (Å²) in [6.45, 7) is 7.62. The normalized spacial score (nSPS) is 26.8. The molecule has 0 spiro atoms. The number of hydrogen-bond acceptors (Lipinski definition) is 6. The summed E-state index contributed by atoms with van der Waals surface area (Å²) < 4.78 is 0. The minimum atomic E-state index is 0.189. The van der Waals surface area contributed by atoms with Gasteiger partial charge in [-0.2, -0.15) is 5.26 Å². The Morgan fingerprint density at radius 2 is 2.13 bits per heavy atom. The van der Waals surface area contributed by atoms with Crippen molar-refractivity contribution in [1.82, 2.24) is 10.3 Å². The lowest BCUT2D eigenvalue weighted by Gasteiger charge is -2.54. The van der Waals surface area contributed by atoms with Gasteiger partial charge < -0.3 is 16.8 Å². The number of piperidine rings is 1. The molecule has 3 heterocycles. The number of hydrogen-bond donors (Lipinski definition) is 3. The Morgan fingerprint density at radius 1 is 1.40 bits per heavy atom. The van der Waals surface area contributed by atoms with E-state index in [1.54, 1.807) is 12.3 Å². The molecule has 2 saturated heterocycles. The number of aliphatic imine (C=N–C) groups is 2. The summed E-state index contributed by atoms with van der Waals surface area (Å²) in [5.41, 5.74) is 14.7. The second-order valence-corrected chi connectivity index (χ2v) is 8.38. The molecule has 4 rings (SSSR count). The molecule has 0 radical (unpaired) electrons. The average Bonchev–Trinajstić information content (AvgIpc) is 2.73. The fourth-order valence-electron chi connectivity index (χ4n) is 4.40. The van der Waals surface area contributed by atoms with E-state index in [1.165, 1.54) is 5.56 Å². The zero-order chi connectivity index (χ0) is 21.7. The number of nitrogens with zero attached hydrogens (tertiary/aromatic N) is 4. The van der Waals surface area contributed by atoms with E-state index in [9.17, 15) is 0 Å². The van der Waals surface area contributed by atoms with E-state index in [0.29, 0.717) is 47.7 Å². The summed E-state index contributed by atoms with van der Waals surface area (Å²) >= 11 is 0. The molecular formula is C23H31N7. The third-order valence-corrected chi connectivity index (χ3v) is 6.09. The lowest BCUT2D eigenvalue weighted by Crippen LogP contribution is -2.65. The number of allylic oxidation sites excluding steroid dienone is 1. The zero-order valence-corrected chi connectivity index (χ0v) is 17.8. The molecule has 2 bridgehead atoms. The second-order valence-electron chi connectivity index (χ2n) is 8.38. The van der Waals surface area contributed by atoms with Gasteiger partial charge in [-0.15, -0.1) is 0 Å². The summed E-state index contributed by atoms with van der Waals surface area (Å²) in [4.78, 5) is 12.9. The van der Waals surface area contributed by atoms with Crippen molar-refractivity contribution in [2.75, 3.05) is 0 Å². The highest BCUT2D eigenvalue weighted by molar-refractivity contribution is 5.93. The van der Waals surface area contributed by atoms with Crippen LogP contribution in [0.3, 0.4) is 0 Å². The zero-order valence-electron chi connectivity index (χ0n) is 17.8. The van der Waals surface area contributed by atoms with Gasteiger partial charge in [0.15, 0.2) is 5.82 Å². The number of aromatic nitrogens is 1. The van der Waals surface area contributed by atoms with Gasteiger partial charge in [0.2, 0.25) is 0 Å². The van der Waals surface area contributed by atoms with E-state index in [0.717, 1.165) is 25.0 Å². The van der Waals surface area contributed by atoms with Gasteiger partial charge in [0.1, 0.15) is 5.84 Å². The van der Waals surface area contributed by atoms with Crippen molar-refractivity contribution in [2.24, 2.45) is 33.3 Å². The highest BCUT2D eigenvalue weighted by atomic mass is 15.1. The Hall–Kier alpha value is -2.98. The number of nitriles is 1. The van der Waals surface area contributed by atoms with Crippen LogP contribution in [-0.4, -0.2) is 29.6 Å². The Morgan fingerprint density at radius 3 is 2.77 bits per heavy atom. The molecule has 7 nitrogen and oxygen atoms in total. The molecule has 3 fully saturated rings. The maximum Gasteiger partial charge on any atom is 0.155 e. The number of rotatable bonds is 8. The van der Waals surface area contributed by atoms with Crippen LogP contribution in [-0.2, 0) is 0 Å². The third-order valence-electron chi connectivity index (χ3n) is 6.09. The Labute approximate surface area is 178 Å². The monoisotopic (exact) mass is 405 g/mol. The number of amidine groups is 1. The van der Waals surface area contributed by atoms with Crippen LogP contribution in [0.1, 0.15) is 56.7 Å². The maximum absolute atomic E-state index is 8.88. The number of fused-ring (bicyclic) bond motifs is 2. The van der Waals surface area contributed by atoms with E-state index in [4.69, 9.17) is 16.7 Å². The SMILES string of the molecule is C=NC(=C\c1ncccc1C1CC2NC(C1)C2CCC#N)/N=C(N)/C=C(\N)C(C)C. The molecule has 3 aliphatic rings. The van der Waals surface area contributed by atoms with Crippen molar-refractivity contribution in [3.8, 4) is 6.07 Å². The Bertz CT molecular complexity index is 894. The lowest BCUT2D eigenvalue weighted by molar-refractivity contribution is 0.0615. The van der Waals surface area contributed by atoms with Crippen molar-refractivity contribution < 1.29 is 0 Å². The van der Waals surface area contributed by atoms with E-state index in [2.05, 4.69) is 39.1 Å². The molecule has 1 aromatic rings. The third kappa shape index (κ3) is 4.95. The number of pyridine rings is 1. The van der Waals surface area contributed by atoms with Crippen LogP contribution in [0.25, 0.3) is 6.08 Å². The van der Waals surface area contributed by atoms with Gasteiger partial charge in [-0.1, -0.05) is 19.9 Å². The average molecular weight is 406 g/mol. The standard InChI is InChI=1S/C23H31N7/c1-14(2)18(25)12-22(26)30-23(27-3)13-19-16(7-5-9-28-19)15-10-20-17(6-4-8-24)21(11-15)29-20/h5,7,9,12-15,17,20-21,29H,3-4,6,10-11,25H2,1-2H3,(H2,26,30)/b18-12-,23-13+. The molecule has 2 aliphatic heterocycles. The molecule has 5 N–H and O–H groups in total. The summed E-state index contributed by atoms with van der Waals surface area (Å²) in [7, 11) is 0. The van der Waals surface area contributed by atoms with Crippen molar-refractivity contribution in [1.29, 1.82) is 5.26 Å². The van der Waals surface area contributed by atoms with Crippen LogP contribution in [0.15, 0.2) is 45.9 Å². The van der Waals surface area contributed by atoms with E-state index in [1.807, 2.05) is 26.0 Å². The fraction of sp³-hybridized carbons (Fsp3) is 0.478. The quantitative estimate of drug-likeness (QED) is 0.453. The molecule has 2 unspecified atom stereocenters. The molecule has 2 atom stereocenters. The molecule has 1 saturated carbocycles. The molecule has 158 valence electrons. The number of nitrogens with one attached hydrogen (secondary N) is 1. The first kappa shape index (κ1) is 21.7. The van der Waals surface area contributed by atoms with Gasteiger partial charge in [-0.25, -0.2) is 9.98 Å². The first-order valence-electron chi connectivity index (χ1n) is 10.5. The maximum atomic E-state index is 8.88. The highest BCUT2D eigenvalue weighted by Gasteiger charge is 2.46. The van der Waals surface area contributed by atoms with E-state index in [-0.39, 0.29) is 5.92 Å². The van der Waals surface area contributed by atoms with E-state index >= 15 is 0 Å². The van der Waals surface area contributed by atoms with Gasteiger partial charge in [-0.05, 0) is 61.4 Å². The highest BCUT2D eigenvalue weighted by Crippen LogP contribution is 2.45. The summed E-state index contributed by atoms with van der Waals surface area (Å²) in [5, 5.41) is 12.5. The molecule has 1 aromatic heterocycles. The lowest BCUT2D eigenvalue weighted by atomic mass is 9.65. The van der Waals surface area contributed by atoms with Crippen LogP contribution in [0, 0.1) is 23.2 Å². The number of nitrogens with two attached hydrogens (primary N) is 2. The molecule has 30 heavy (non-hydrogen) atoms. The Kier molecular flexibility index (Phi) is 7.01. The van der Waals surface area contributed by atoms with Crippen molar-refractivity contribution in [2.45, 2.75) is 57.5 Å². The van der Waals surface area contributed by atoms with Gasteiger partial charge in [0.25, 0.3) is 0 Å². The van der Waals surface area contributed by atoms with Crippen molar-refractivity contribution in [3.63, 3.8) is 0 Å². The topological polar surface area (TPSA) is 125 Å². The van der Waals surface area contributed by atoms with Gasteiger partial charge in [0, 0.05) is 36.5 Å². The van der Waals surface area contributed by atoms with Crippen LogP contribution in [0.2, 0.25) is 0 Å². The van der Waals surface area contributed by atoms with Gasteiger partial charge in [-0.3, -0.25) is 4.98 Å². The molecular weight excluding hydrogens is 374 g/mol. The van der Waals surface area contributed by atoms with Crippen LogP contribution < -0.4 is 16.8 Å². The van der Waals surface area contributed by atoms with Gasteiger partial charge >= 0.3 is 0 Å². The molecule has 0 aromatic carbocycles. The first-order valence-corrected chi connectivity index (χ1v) is 10.5.